The van der Waals surface area contributed by atoms with Crippen molar-refractivity contribution in [2.24, 2.45) is 17.3 Å². The molecule has 2 saturated carbocycles. The topological polar surface area (TPSA) is 21.3 Å². The molecule has 0 radical (unpaired) electrons. The third kappa shape index (κ3) is 2.98. The van der Waals surface area contributed by atoms with Gasteiger partial charge in [-0.2, -0.15) is 0 Å². The minimum Gasteiger partial charge on any atom is -0.385 e. The highest BCUT2D eigenvalue weighted by atomic mass is 16.5. The van der Waals surface area contributed by atoms with Gasteiger partial charge in [-0.05, 0) is 49.4 Å². The Bertz CT molecular complexity index is 217. The van der Waals surface area contributed by atoms with E-state index < -0.39 is 0 Å². The zero-order chi connectivity index (χ0) is 11.6. The largest absolute Gasteiger partial charge is 0.385 e. The molecule has 0 aromatic rings. The van der Waals surface area contributed by atoms with Crippen molar-refractivity contribution in [3.63, 3.8) is 0 Å². The summed E-state index contributed by atoms with van der Waals surface area (Å²) in [6, 6.07) is 0.622. The lowest BCUT2D eigenvalue weighted by molar-refractivity contribution is 0.155. The van der Waals surface area contributed by atoms with E-state index in [1.165, 1.54) is 38.6 Å². The van der Waals surface area contributed by atoms with Gasteiger partial charge < -0.3 is 10.1 Å². The average molecular weight is 225 g/mol. The zero-order valence-corrected chi connectivity index (χ0v) is 11.1. The van der Waals surface area contributed by atoms with E-state index in [1.54, 1.807) is 0 Å². The van der Waals surface area contributed by atoms with Crippen LogP contribution in [0.25, 0.3) is 0 Å². The fraction of sp³-hybridized carbons (Fsp3) is 1.00. The predicted molar refractivity (Wildman–Crippen MR) is 67.5 cm³/mol. The molecule has 0 amide bonds. The van der Waals surface area contributed by atoms with Gasteiger partial charge in [0, 0.05) is 26.3 Å². The van der Waals surface area contributed by atoms with E-state index in [0.29, 0.717) is 11.5 Å². The van der Waals surface area contributed by atoms with E-state index in [4.69, 9.17) is 4.74 Å². The van der Waals surface area contributed by atoms with Crippen LogP contribution >= 0.6 is 0 Å². The third-order valence-corrected chi connectivity index (χ3v) is 4.40. The Morgan fingerprint density at radius 1 is 1.31 bits per heavy atom. The van der Waals surface area contributed by atoms with Gasteiger partial charge in [0.2, 0.25) is 0 Å². The summed E-state index contributed by atoms with van der Waals surface area (Å²) in [5, 5.41) is 3.66. The fourth-order valence-corrected chi connectivity index (χ4v) is 3.45. The highest BCUT2D eigenvalue weighted by Gasteiger charge is 2.52. The first-order valence-corrected chi connectivity index (χ1v) is 6.87. The molecule has 16 heavy (non-hydrogen) atoms. The number of fused-ring (bicyclic) bond motifs is 1. The molecule has 2 aliphatic rings. The summed E-state index contributed by atoms with van der Waals surface area (Å²) in [4.78, 5) is 0. The van der Waals surface area contributed by atoms with Crippen LogP contribution in [0.5, 0.6) is 0 Å². The summed E-state index contributed by atoms with van der Waals surface area (Å²) in [6.07, 6.45) is 7.05. The van der Waals surface area contributed by atoms with Crippen LogP contribution in [0.1, 0.15) is 46.0 Å². The summed E-state index contributed by atoms with van der Waals surface area (Å²) in [5.41, 5.74) is 0.608. The lowest BCUT2D eigenvalue weighted by Gasteiger charge is -2.32. The van der Waals surface area contributed by atoms with Gasteiger partial charge in [-0.15, -0.1) is 0 Å². The van der Waals surface area contributed by atoms with E-state index in [2.05, 4.69) is 19.2 Å². The molecule has 94 valence electrons. The van der Waals surface area contributed by atoms with Crippen molar-refractivity contribution in [3.8, 4) is 0 Å². The van der Waals surface area contributed by atoms with Crippen molar-refractivity contribution in [1.82, 2.24) is 5.32 Å². The molecule has 1 N–H and O–H groups in total. The molecule has 0 spiro atoms. The third-order valence-electron chi connectivity index (χ3n) is 4.40. The zero-order valence-electron chi connectivity index (χ0n) is 11.1. The number of methoxy groups -OCH3 is 1. The van der Waals surface area contributed by atoms with Crippen LogP contribution in [0, 0.1) is 17.3 Å². The van der Waals surface area contributed by atoms with Gasteiger partial charge in [-0.25, -0.2) is 0 Å². The molecule has 2 aliphatic carbocycles. The number of hydrogen-bond acceptors (Lipinski definition) is 2. The molecule has 2 atom stereocenters. The Balaban J connectivity index is 1.81. The Labute approximate surface area is 100 Å². The molecule has 0 heterocycles. The van der Waals surface area contributed by atoms with Gasteiger partial charge in [-0.3, -0.25) is 0 Å². The van der Waals surface area contributed by atoms with Crippen molar-refractivity contribution in [1.29, 1.82) is 0 Å². The predicted octanol–water partition coefficient (Wildman–Crippen LogP) is 2.83. The van der Waals surface area contributed by atoms with E-state index in [1.807, 2.05) is 7.11 Å². The van der Waals surface area contributed by atoms with Gasteiger partial charge in [0.05, 0.1) is 0 Å². The minimum atomic E-state index is 0.608. The van der Waals surface area contributed by atoms with Crippen LogP contribution in [-0.2, 0) is 4.74 Å². The Morgan fingerprint density at radius 3 is 2.56 bits per heavy atom. The number of hydrogen-bond donors (Lipinski definition) is 1. The van der Waals surface area contributed by atoms with E-state index in [0.717, 1.165) is 18.4 Å². The highest BCUT2D eigenvalue weighted by molar-refractivity contribution is 5.04. The molecule has 0 saturated heterocycles. The van der Waals surface area contributed by atoms with E-state index >= 15 is 0 Å². The normalized spacial score (nSPS) is 36.8. The Hall–Kier alpha value is -0.0800. The monoisotopic (exact) mass is 225 g/mol. The molecule has 2 heteroatoms. The average Bonchev–Trinajstić information content (AvgIpc) is 2.85. The molecule has 0 aliphatic heterocycles. The summed E-state index contributed by atoms with van der Waals surface area (Å²) < 4.78 is 5.19. The van der Waals surface area contributed by atoms with Gasteiger partial charge in [0.25, 0.3) is 0 Å². The summed E-state index contributed by atoms with van der Waals surface area (Å²) in [6.45, 7) is 6.65. The molecule has 2 nitrogen and oxygen atoms in total. The van der Waals surface area contributed by atoms with Crippen LogP contribution in [0.15, 0.2) is 0 Å². The summed E-state index contributed by atoms with van der Waals surface area (Å²) in [5.74, 6) is 2.16. The smallest absolute Gasteiger partial charge is 0.0462 e. The standard InChI is InChI=1S/C14H27NO/c1-11(2)15-10-14(5-4-6-16-3)8-12-7-13(12)9-14/h11-13,15H,4-10H2,1-3H3. The first kappa shape index (κ1) is 12.4. The lowest BCUT2D eigenvalue weighted by Crippen LogP contribution is -2.37. The molecule has 0 aromatic carbocycles. The summed E-state index contributed by atoms with van der Waals surface area (Å²) >= 11 is 0. The number of nitrogens with one attached hydrogen (secondary N) is 1. The first-order valence-electron chi connectivity index (χ1n) is 6.87. The van der Waals surface area contributed by atoms with Crippen LogP contribution < -0.4 is 5.32 Å². The number of ether oxygens (including phenoxy) is 1. The van der Waals surface area contributed by atoms with Crippen molar-refractivity contribution < 1.29 is 4.74 Å². The molecule has 0 bridgehead atoms. The minimum absolute atomic E-state index is 0.608. The van der Waals surface area contributed by atoms with Crippen molar-refractivity contribution >= 4 is 0 Å². The van der Waals surface area contributed by atoms with Crippen molar-refractivity contribution in [3.05, 3.63) is 0 Å². The van der Waals surface area contributed by atoms with Gasteiger partial charge in [0.1, 0.15) is 0 Å². The first-order chi connectivity index (χ1) is 7.65. The second-order valence-electron chi connectivity index (χ2n) is 6.30. The molecular weight excluding hydrogens is 198 g/mol. The highest BCUT2D eigenvalue weighted by Crippen LogP contribution is 2.61. The van der Waals surface area contributed by atoms with Crippen molar-refractivity contribution in [2.75, 3.05) is 20.3 Å². The quantitative estimate of drug-likeness (QED) is 0.673. The maximum Gasteiger partial charge on any atom is 0.0462 e. The van der Waals surface area contributed by atoms with Gasteiger partial charge in [-0.1, -0.05) is 13.8 Å². The summed E-state index contributed by atoms with van der Waals surface area (Å²) in [7, 11) is 1.81. The van der Waals surface area contributed by atoms with Crippen LogP contribution in [-0.4, -0.2) is 26.3 Å². The van der Waals surface area contributed by atoms with Crippen molar-refractivity contribution in [2.45, 2.75) is 52.0 Å². The van der Waals surface area contributed by atoms with E-state index in [-0.39, 0.29) is 0 Å². The lowest BCUT2D eigenvalue weighted by atomic mass is 9.78. The second kappa shape index (κ2) is 5.05. The molecule has 2 rings (SSSR count). The van der Waals surface area contributed by atoms with E-state index in [9.17, 15) is 0 Å². The second-order valence-corrected chi connectivity index (χ2v) is 6.30. The maximum atomic E-state index is 5.19. The molecule has 0 aromatic heterocycles. The van der Waals surface area contributed by atoms with Crippen LogP contribution in [0.2, 0.25) is 0 Å². The fourth-order valence-electron chi connectivity index (χ4n) is 3.45. The Morgan fingerprint density at radius 2 is 2.00 bits per heavy atom. The maximum absolute atomic E-state index is 5.19. The molecule has 2 unspecified atom stereocenters. The van der Waals surface area contributed by atoms with Crippen LogP contribution in [0.4, 0.5) is 0 Å². The van der Waals surface area contributed by atoms with Gasteiger partial charge >= 0.3 is 0 Å². The number of rotatable bonds is 7. The Kier molecular flexibility index (Phi) is 3.91. The van der Waals surface area contributed by atoms with Gasteiger partial charge in [0.15, 0.2) is 0 Å². The molecule has 2 fully saturated rings. The SMILES string of the molecule is COCCCC1(CNC(C)C)CC2CC2C1. The van der Waals surface area contributed by atoms with Crippen LogP contribution in [0.3, 0.4) is 0 Å². The molecular formula is C14H27NO.